The highest BCUT2D eigenvalue weighted by molar-refractivity contribution is 7.89. The number of nitrogens with zero attached hydrogens (tertiary/aromatic N) is 1. The Balaban J connectivity index is 2.30. The van der Waals surface area contributed by atoms with Crippen LogP contribution in [-0.2, 0) is 10.0 Å². The number of nitrogens with one attached hydrogen (secondary N) is 1. The number of nitrogens with two attached hydrogens (primary N) is 1. The molecule has 1 aromatic carbocycles. The van der Waals surface area contributed by atoms with Crippen LogP contribution < -0.4 is 15.3 Å². The maximum Gasteiger partial charge on any atom is 0.257 e. The van der Waals surface area contributed by atoms with Gasteiger partial charge in [0.25, 0.3) is 10.0 Å². The second-order valence-corrected chi connectivity index (χ2v) is 7.17. The van der Waals surface area contributed by atoms with Crippen LogP contribution in [0.15, 0.2) is 23.1 Å². The highest BCUT2D eigenvalue weighted by Gasteiger charge is 2.30. The van der Waals surface area contributed by atoms with Gasteiger partial charge in [-0.3, -0.25) is 0 Å². The van der Waals surface area contributed by atoms with Crippen molar-refractivity contribution in [3.63, 3.8) is 0 Å². The van der Waals surface area contributed by atoms with E-state index < -0.39 is 10.0 Å². The SMILES string of the molecule is COc1cc(N)ccc1S(=O)(=O)NN1C(C)CCCC1C. The van der Waals surface area contributed by atoms with E-state index >= 15 is 0 Å². The van der Waals surface area contributed by atoms with Gasteiger partial charge in [-0.2, -0.15) is 0 Å². The van der Waals surface area contributed by atoms with Crippen LogP contribution in [0.25, 0.3) is 0 Å². The molecule has 0 bridgehead atoms. The third-order valence-corrected chi connectivity index (χ3v) is 5.26. The molecule has 1 aromatic rings. The number of nitrogen functional groups attached to an aromatic ring is 1. The number of rotatable bonds is 4. The quantitative estimate of drug-likeness (QED) is 0.827. The van der Waals surface area contributed by atoms with E-state index in [1.807, 2.05) is 18.9 Å². The van der Waals surface area contributed by atoms with Crippen LogP contribution in [-0.4, -0.2) is 32.6 Å². The fraction of sp³-hybridized carbons (Fsp3) is 0.571. The highest BCUT2D eigenvalue weighted by Crippen LogP contribution is 2.28. The second-order valence-electron chi connectivity index (χ2n) is 5.54. The summed E-state index contributed by atoms with van der Waals surface area (Å²) in [6.45, 7) is 4.05. The number of sulfonamides is 1. The van der Waals surface area contributed by atoms with Crippen molar-refractivity contribution < 1.29 is 13.2 Å². The van der Waals surface area contributed by atoms with Crippen LogP contribution in [0.1, 0.15) is 33.1 Å². The Labute approximate surface area is 126 Å². The number of anilines is 1. The normalized spacial score (nSPS) is 24.0. The lowest BCUT2D eigenvalue weighted by Crippen LogP contribution is -2.53. The molecule has 1 fully saturated rings. The lowest BCUT2D eigenvalue weighted by Gasteiger charge is -2.38. The Morgan fingerprint density at radius 2 is 1.90 bits per heavy atom. The van der Waals surface area contributed by atoms with Crippen LogP contribution in [0.3, 0.4) is 0 Å². The van der Waals surface area contributed by atoms with Crippen molar-refractivity contribution in [1.82, 2.24) is 9.84 Å². The van der Waals surface area contributed by atoms with Crippen LogP contribution in [0.2, 0.25) is 0 Å². The molecule has 0 radical (unpaired) electrons. The summed E-state index contributed by atoms with van der Waals surface area (Å²) in [6, 6.07) is 4.87. The van der Waals surface area contributed by atoms with Crippen molar-refractivity contribution >= 4 is 15.7 Å². The molecule has 1 heterocycles. The van der Waals surface area contributed by atoms with E-state index in [9.17, 15) is 8.42 Å². The van der Waals surface area contributed by atoms with E-state index in [1.165, 1.54) is 19.2 Å². The summed E-state index contributed by atoms with van der Waals surface area (Å²) in [4.78, 5) is 2.79. The van der Waals surface area contributed by atoms with Crippen LogP contribution >= 0.6 is 0 Å². The Hall–Kier alpha value is -1.31. The van der Waals surface area contributed by atoms with Gasteiger partial charge in [-0.05, 0) is 38.8 Å². The first-order valence-corrected chi connectivity index (χ1v) is 8.58. The molecule has 1 aliphatic heterocycles. The van der Waals surface area contributed by atoms with Crippen molar-refractivity contribution in [2.45, 2.75) is 50.1 Å². The fourth-order valence-electron chi connectivity index (χ4n) is 2.70. The highest BCUT2D eigenvalue weighted by atomic mass is 32.2. The van der Waals surface area contributed by atoms with Crippen LogP contribution in [0, 0.1) is 0 Å². The molecule has 1 aliphatic rings. The lowest BCUT2D eigenvalue weighted by molar-refractivity contribution is 0.0789. The molecule has 2 rings (SSSR count). The van der Waals surface area contributed by atoms with E-state index in [1.54, 1.807) is 6.07 Å². The van der Waals surface area contributed by atoms with Gasteiger partial charge < -0.3 is 10.5 Å². The zero-order valence-corrected chi connectivity index (χ0v) is 13.5. The molecule has 1 saturated heterocycles. The topological polar surface area (TPSA) is 84.7 Å². The van der Waals surface area contributed by atoms with E-state index in [0.29, 0.717) is 5.69 Å². The molecular formula is C14H23N3O3S. The largest absolute Gasteiger partial charge is 0.495 e. The standard InChI is InChI=1S/C14H23N3O3S/c1-10-5-4-6-11(2)17(10)16-21(18,19)14-8-7-12(15)9-13(14)20-3/h7-11,16H,4-6,15H2,1-3H3. The number of ether oxygens (including phenoxy) is 1. The molecule has 6 nitrogen and oxygen atoms in total. The minimum Gasteiger partial charge on any atom is -0.495 e. The maximum absolute atomic E-state index is 12.6. The monoisotopic (exact) mass is 313 g/mol. The predicted octanol–water partition coefficient (Wildman–Crippen LogP) is 1.73. The first-order chi connectivity index (χ1) is 9.85. The summed E-state index contributed by atoms with van der Waals surface area (Å²) in [5.74, 6) is 0.250. The van der Waals surface area contributed by atoms with Gasteiger partial charge in [0.1, 0.15) is 10.6 Å². The number of piperidine rings is 1. The third-order valence-electron chi connectivity index (χ3n) is 3.90. The molecule has 2 unspecified atom stereocenters. The van der Waals surface area contributed by atoms with Crippen molar-refractivity contribution in [2.75, 3.05) is 12.8 Å². The number of hydrazine groups is 1. The van der Waals surface area contributed by atoms with Crippen LogP contribution in [0.4, 0.5) is 5.69 Å². The molecule has 118 valence electrons. The number of benzene rings is 1. The molecule has 0 aromatic heterocycles. The summed E-state index contributed by atoms with van der Waals surface area (Å²) < 4.78 is 30.4. The van der Waals surface area contributed by atoms with E-state index in [4.69, 9.17) is 10.5 Å². The Morgan fingerprint density at radius 1 is 1.29 bits per heavy atom. The second kappa shape index (κ2) is 6.21. The minimum atomic E-state index is -3.69. The Morgan fingerprint density at radius 3 is 2.48 bits per heavy atom. The summed E-state index contributed by atoms with van der Waals surface area (Å²) in [6.07, 6.45) is 3.07. The van der Waals surface area contributed by atoms with E-state index in [0.717, 1.165) is 19.3 Å². The summed E-state index contributed by atoms with van der Waals surface area (Å²) in [5.41, 5.74) is 6.13. The van der Waals surface area contributed by atoms with Crippen molar-refractivity contribution in [2.24, 2.45) is 0 Å². The average molecular weight is 313 g/mol. The van der Waals surface area contributed by atoms with Gasteiger partial charge in [-0.25, -0.2) is 13.4 Å². The first kappa shape index (κ1) is 16.1. The summed E-state index contributed by atoms with van der Waals surface area (Å²) in [7, 11) is -2.26. The zero-order chi connectivity index (χ0) is 15.6. The molecule has 7 heteroatoms. The molecule has 3 N–H and O–H groups in total. The van der Waals surface area contributed by atoms with Gasteiger partial charge in [0, 0.05) is 23.8 Å². The van der Waals surface area contributed by atoms with Gasteiger partial charge in [0.15, 0.2) is 0 Å². The van der Waals surface area contributed by atoms with E-state index in [-0.39, 0.29) is 22.7 Å². The Kier molecular flexibility index (Phi) is 4.75. The smallest absolute Gasteiger partial charge is 0.257 e. The minimum absolute atomic E-state index is 0.101. The molecule has 0 aliphatic carbocycles. The first-order valence-electron chi connectivity index (χ1n) is 7.09. The number of methoxy groups -OCH3 is 1. The van der Waals surface area contributed by atoms with Gasteiger partial charge in [-0.1, -0.05) is 6.42 Å². The summed E-state index contributed by atoms with van der Waals surface area (Å²) in [5, 5.41) is 1.81. The summed E-state index contributed by atoms with van der Waals surface area (Å²) >= 11 is 0. The third kappa shape index (κ3) is 3.48. The molecule has 2 atom stereocenters. The molecule has 0 amide bonds. The molecule has 21 heavy (non-hydrogen) atoms. The molecular weight excluding hydrogens is 290 g/mol. The van der Waals surface area contributed by atoms with Crippen molar-refractivity contribution in [1.29, 1.82) is 0 Å². The maximum atomic E-state index is 12.6. The van der Waals surface area contributed by atoms with Gasteiger partial charge in [0.2, 0.25) is 0 Å². The number of hydrogen-bond donors (Lipinski definition) is 2. The van der Waals surface area contributed by atoms with Gasteiger partial charge >= 0.3 is 0 Å². The lowest BCUT2D eigenvalue weighted by atomic mass is 10.0. The fourth-order valence-corrected chi connectivity index (χ4v) is 4.09. The van der Waals surface area contributed by atoms with Crippen LogP contribution in [0.5, 0.6) is 5.75 Å². The average Bonchev–Trinajstić information content (AvgIpc) is 2.42. The van der Waals surface area contributed by atoms with Crippen molar-refractivity contribution in [3.05, 3.63) is 18.2 Å². The van der Waals surface area contributed by atoms with Crippen molar-refractivity contribution in [3.8, 4) is 5.75 Å². The number of hydrogen-bond acceptors (Lipinski definition) is 5. The molecule has 0 spiro atoms. The zero-order valence-electron chi connectivity index (χ0n) is 12.7. The van der Waals surface area contributed by atoms with Gasteiger partial charge in [-0.15, -0.1) is 4.83 Å². The van der Waals surface area contributed by atoms with Gasteiger partial charge in [0.05, 0.1) is 7.11 Å². The Bertz CT molecular complexity index is 593. The molecule has 0 saturated carbocycles. The predicted molar refractivity (Wildman–Crippen MR) is 82.3 cm³/mol. The van der Waals surface area contributed by atoms with E-state index in [2.05, 4.69) is 4.83 Å².